The van der Waals surface area contributed by atoms with Crippen molar-refractivity contribution in [2.24, 2.45) is 0 Å². The molecule has 1 unspecified atom stereocenters. The van der Waals surface area contributed by atoms with E-state index in [1.165, 1.54) is 5.56 Å². The van der Waals surface area contributed by atoms with Gasteiger partial charge in [-0.1, -0.05) is 30.3 Å². The Labute approximate surface area is 144 Å². The van der Waals surface area contributed by atoms with Crippen LogP contribution in [0.1, 0.15) is 24.7 Å². The van der Waals surface area contributed by atoms with E-state index < -0.39 is 5.60 Å². The highest BCUT2D eigenvalue weighted by Gasteiger charge is 2.36. The average Bonchev–Trinajstić information content (AvgIpc) is 3.14. The Morgan fingerprint density at radius 2 is 2.08 bits per heavy atom. The first-order chi connectivity index (χ1) is 11.6. The largest absolute Gasteiger partial charge is 0.387 e. The lowest BCUT2D eigenvalue weighted by Crippen LogP contribution is -2.43. The van der Waals surface area contributed by atoms with Crippen LogP contribution in [-0.4, -0.2) is 56.7 Å². The zero-order valence-corrected chi connectivity index (χ0v) is 14.7. The molecule has 0 spiro atoms. The van der Waals surface area contributed by atoms with Crippen molar-refractivity contribution in [1.82, 2.24) is 19.4 Å². The summed E-state index contributed by atoms with van der Waals surface area (Å²) in [4.78, 5) is 8.95. The van der Waals surface area contributed by atoms with Crippen LogP contribution < -0.4 is 0 Å². The number of likely N-dealkylation sites (N-methyl/N-ethyl adjacent to an activating group) is 1. The second-order valence-corrected chi connectivity index (χ2v) is 6.97. The molecule has 1 aromatic heterocycles. The standard InChI is InChI=1S/C19H28N4O/c1-3-23-12-10-20-18(23)14-21(2)15-19(24)9-11-22(16-19)13-17-7-5-4-6-8-17/h4-8,10,12,24H,3,9,11,13-16H2,1-2H3. The molecule has 0 amide bonds. The number of nitrogens with zero attached hydrogens (tertiary/aromatic N) is 4. The monoisotopic (exact) mass is 328 g/mol. The van der Waals surface area contributed by atoms with Gasteiger partial charge in [0.05, 0.1) is 12.1 Å². The summed E-state index contributed by atoms with van der Waals surface area (Å²) in [5.74, 6) is 1.06. The van der Waals surface area contributed by atoms with Crippen LogP contribution in [0.25, 0.3) is 0 Å². The zero-order valence-electron chi connectivity index (χ0n) is 14.7. The number of likely N-dealkylation sites (tertiary alicyclic amines) is 1. The Balaban J connectivity index is 1.53. The molecule has 0 saturated carbocycles. The number of rotatable bonds is 7. The molecule has 0 bridgehead atoms. The van der Waals surface area contributed by atoms with Crippen molar-refractivity contribution >= 4 is 0 Å². The van der Waals surface area contributed by atoms with Gasteiger partial charge in [0, 0.05) is 45.1 Å². The maximum absolute atomic E-state index is 11.0. The van der Waals surface area contributed by atoms with Crippen LogP contribution in [0.4, 0.5) is 0 Å². The van der Waals surface area contributed by atoms with Crippen LogP contribution >= 0.6 is 0 Å². The summed E-state index contributed by atoms with van der Waals surface area (Å²) in [6, 6.07) is 10.5. The fourth-order valence-electron chi connectivity index (χ4n) is 3.63. The van der Waals surface area contributed by atoms with Crippen molar-refractivity contribution in [3.8, 4) is 0 Å². The van der Waals surface area contributed by atoms with E-state index in [1.807, 2.05) is 18.5 Å². The van der Waals surface area contributed by atoms with E-state index in [9.17, 15) is 5.11 Å². The minimum absolute atomic E-state index is 0.632. The van der Waals surface area contributed by atoms with Gasteiger partial charge in [-0.2, -0.15) is 0 Å². The van der Waals surface area contributed by atoms with Crippen molar-refractivity contribution in [2.45, 2.75) is 38.6 Å². The van der Waals surface area contributed by atoms with E-state index in [0.29, 0.717) is 6.54 Å². The Kier molecular flexibility index (Phi) is 5.33. The summed E-state index contributed by atoms with van der Waals surface area (Å²) in [6.07, 6.45) is 4.68. The van der Waals surface area contributed by atoms with Crippen LogP contribution in [0.3, 0.4) is 0 Å². The summed E-state index contributed by atoms with van der Waals surface area (Å²) >= 11 is 0. The van der Waals surface area contributed by atoms with Crippen LogP contribution in [-0.2, 0) is 19.6 Å². The minimum atomic E-state index is -0.632. The Hall–Kier alpha value is -1.69. The molecule has 5 heteroatoms. The molecule has 130 valence electrons. The minimum Gasteiger partial charge on any atom is -0.387 e. The normalized spacial score (nSPS) is 21.7. The van der Waals surface area contributed by atoms with Crippen LogP contribution in [0, 0.1) is 0 Å². The van der Waals surface area contributed by atoms with Gasteiger partial charge < -0.3 is 9.67 Å². The molecule has 0 aliphatic carbocycles. The molecule has 1 aromatic carbocycles. The molecule has 1 N–H and O–H groups in total. The number of hydrogen-bond donors (Lipinski definition) is 1. The van der Waals surface area contributed by atoms with Crippen molar-refractivity contribution in [1.29, 1.82) is 0 Å². The average molecular weight is 328 g/mol. The molecule has 0 radical (unpaired) electrons. The Morgan fingerprint density at radius 3 is 2.83 bits per heavy atom. The first-order valence-electron chi connectivity index (χ1n) is 8.75. The SMILES string of the molecule is CCn1ccnc1CN(C)CC1(O)CCN(Cc2ccccc2)C1. The van der Waals surface area contributed by atoms with Gasteiger partial charge >= 0.3 is 0 Å². The number of imidazole rings is 1. The van der Waals surface area contributed by atoms with Gasteiger partial charge in [0.25, 0.3) is 0 Å². The van der Waals surface area contributed by atoms with Crippen LogP contribution in [0.15, 0.2) is 42.7 Å². The lowest BCUT2D eigenvalue weighted by Gasteiger charge is -2.29. The first kappa shape index (κ1) is 17.1. The van der Waals surface area contributed by atoms with Crippen molar-refractivity contribution < 1.29 is 5.11 Å². The number of hydrogen-bond acceptors (Lipinski definition) is 4. The highest BCUT2D eigenvalue weighted by atomic mass is 16.3. The predicted octanol–water partition coefficient (Wildman–Crippen LogP) is 1.97. The molecular formula is C19H28N4O. The van der Waals surface area contributed by atoms with Crippen molar-refractivity contribution in [3.63, 3.8) is 0 Å². The van der Waals surface area contributed by atoms with Gasteiger partial charge in [0.2, 0.25) is 0 Å². The molecule has 1 saturated heterocycles. The molecule has 3 rings (SSSR count). The Bertz CT molecular complexity index is 642. The van der Waals surface area contributed by atoms with E-state index >= 15 is 0 Å². The van der Waals surface area contributed by atoms with Gasteiger partial charge in [0.15, 0.2) is 0 Å². The molecule has 2 heterocycles. The molecule has 1 atom stereocenters. The molecular weight excluding hydrogens is 300 g/mol. The second-order valence-electron chi connectivity index (χ2n) is 6.97. The van der Waals surface area contributed by atoms with Gasteiger partial charge in [-0.3, -0.25) is 9.80 Å². The number of benzene rings is 1. The third-order valence-corrected chi connectivity index (χ3v) is 4.78. The summed E-state index contributed by atoms with van der Waals surface area (Å²) in [5.41, 5.74) is 0.674. The van der Waals surface area contributed by atoms with E-state index in [2.05, 4.69) is 57.6 Å². The highest BCUT2D eigenvalue weighted by Crippen LogP contribution is 2.24. The lowest BCUT2D eigenvalue weighted by molar-refractivity contribution is 0.0154. The number of β-amino-alcohol motifs (C(OH)–C–C–N with tert-alkyl or cyclic N) is 1. The summed E-state index contributed by atoms with van der Waals surface area (Å²) in [5, 5.41) is 11.0. The summed E-state index contributed by atoms with van der Waals surface area (Å²) < 4.78 is 2.15. The van der Waals surface area contributed by atoms with Gasteiger partial charge in [-0.05, 0) is 26.0 Å². The van der Waals surface area contributed by atoms with Gasteiger partial charge in [-0.25, -0.2) is 4.98 Å². The first-order valence-corrected chi connectivity index (χ1v) is 8.75. The fourth-order valence-corrected chi connectivity index (χ4v) is 3.63. The maximum Gasteiger partial charge on any atom is 0.122 e. The molecule has 1 fully saturated rings. The van der Waals surface area contributed by atoms with Crippen LogP contribution in [0.5, 0.6) is 0 Å². The lowest BCUT2D eigenvalue weighted by atomic mass is 10.0. The predicted molar refractivity (Wildman–Crippen MR) is 95.5 cm³/mol. The molecule has 1 aliphatic rings. The van der Waals surface area contributed by atoms with E-state index in [-0.39, 0.29) is 0 Å². The van der Waals surface area contributed by atoms with Gasteiger partial charge in [0.1, 0.15) is 5.82 Å². The topological polar surface area (TPSA) is 44.5 Å². The van der Waals surface area contributed by atoms with Crippen molar-refractivity contribution in [2.75, 3.05) is 26.7 Å². The van der Waals surface area contributed by atoms with Crippen molar-refractivity contribution in [3.05, 3.63) is 54.1 Å². The molecule has 2 aromatic rings. The number of aromatic nitrogens is 2. The quantitative estimate of drug-likeness (QED) is 0.844. The molecule has 5 nitrogen and oxygen atoms in total. The summed E-state index contributed by atoms with van der Waals surface area (Å²) in [7, 11) is 2.06. The second kappa shape index (κ2) is 7.47. The number of aryl methyl sites for hydroxylation is 1. The smallest absolute Gasteiger partial charge is 0.122 e. The van der Waals surface area contributed by atoms with Gasteiger partial charge in [-0.15, -0.1) is 0 Å². The zero-order chi connectivity index (χ0) is 17.0. The third-order valence-electron chi connectivity index (χ3n) is 4.78. The van der Waals surface area contributed by atoms with E-state index in [4.69, 9.17) is 0 Å². The Morgan fingerprint density at radius 1 is 1.29 bits per heavy atom. The van der Waals surface area contributed by atoms with E-state index in [0.717, 1.165) is 45.0 Å². The van der Waals surface area contributed by atoms with Crippen LogP contribution in [0.2, 0.25) is 0 Å². The maximum atomic E-state index is 11.0. The summed E-state index contributed by atoms with van der Waals surface area (Å²) in [6.45, 7) is 7.08. The highest BCUT2D eigenvalue weighted by molar-refractivity contribution is 5.15. The molecule has 24 heavy (non-hydrogen) atoms. The fraction of sp³-hybridized carbons (Fsp3) is 0.526. The molecule has 1 aliphatic heterocycles. The number of aliphatic hydroxyl groups is 1. The third kappa shape index (κ3) is 4.23. The van der Waals surface area contributed by atoms with E-state index in [1.54, 1.807) is 0 Å².